The van der Waals surface area contributed by atoms with E-state index in [2.05, 4.69) is 22.0 Å². The van der Waals surface area contributed by atoms with Gasteiger partial charge in [0.15, 0.2) is 23.0 Å². The summed E-state index contributed by atoms with van der Waals surface area (Å²) in [5.74, 6) is -0.126. The number of amides is 1. The molecule has 1 aromatic rings. The molecule has 1 heterocycles. The highest BCUT2D eigenvalue weighted by atomic mass is 16.5. The van der Waals surface area contributed by atoms with Crippen LogP contribution in [0.2, 0.25) is 0 Å². The minimum absolute atomic E-state index is 0.0672. The molecule has 1 unspecified atom stereocenters. The number of Topliss-reactive ketones (excluding diaryl/α,β-unsaturated/α-hetero) is 2. The third-order valence-electron chi connectivity index (χ3n) is 8.05. The standard InChI is InChI=1S/C29H41N3O6/c1-10-20-13-32(14-30-19(6)33)22(12-21-17(4)26(35)29(38-9)18(5)25(21)34)24(31(20)7)23-15(2)11-16(3)28(37-8)27(23)36/h11,20,22,24,36H,10,12-14H2,1-9H3,(H,30,33)/t20-,22?,24-/m0/s1. The normalized spacial score (nSPS) is 23.2. The number of rotatable bonds is 8. The smallest absolute Gasteiger partial charge is 0.224 e. The molecular weight excluding hydrogens is 486 g/mol. The Kier molecular flexibility index (Phi) is 9.05. The Morgan fingerprint density at radius 2 is 1.74 bits per heavy atom. The summed E-state index contributed by atoms with van der Waals surface area (Å²) >= 11 is 0. The van der Waals surface area contributed by atoms with Crippen LogP contribution < -0.4 is 10.1 Å². The van der Waals surface area contributed by atoms with Gasteiger partial charge in [-0.1, -0.05) is 13.0 Å². The van der Waals surface area contributed by atoms with E-state index in [-0.39, 0.29) is 65.8 Å². The lowest BCUT2D eigenvalue weighted by atomic mass is 9.80. The number of ketones is 2. The van der Waals surface area contributed by atoms with Crippen molar-refractivity contribution in [3.05, 3.63) is 45.2 Å². The van der Waals surface area contributed by atoms with Crippen molar-refractivity contribution in [2.75, 3.05) is 34.5 Å². The molecule has 0 spiro atoms. The summed E-state index contributed by atoms with van der Waals surface area (Å²) in [5.41, 5.74) is 3.50. The Labute approximate surface area is 225 Å². The fourth-order valence-corrected chi connectivity index (χ4v) is 5.95. The third kappa shape index (κ3) is 5.22. The number of aryl methyl sites for hydroxylation is 2. The topological polar surface area (TPSA) is 108 Å². The van der Waals surface area contributed by atoms with Gasteiger partial charge in [-0.05, 0) is 58.7 Å². The van der Waals surface area contributed by atoms with Crippen molar-refractivity contribution < 1.29 is 29.0 Å². The number of nitrogens with one attached hydrogen (secondary N) is 1. The van der Waals surface area contributed by atoms with Crippen LogP contribution in [-0.2, 0) is 19.1 Å². The maximum absolute atomic E-state index is 13.5. The molecule has 208 valence electrons. The van der Waals surface area contributed by atoms with Crippen LogP contribution in [-0.4, -0.2) is 78.9 Å². The molecule has 1 amide bonds. The van der Waals surface area contributed by atoms with Gasteiger partial charge in [-0.2, -0.15) is 0 Å². The number of piperazine rings is 1. The molecule has 2 aliphatic rings. The number of allylic oxidation sites excluding steroid dienone is 2. The van der Waals surface area contributed by atoms with E-state index in [1.54, 1.807) is 13.8 Å². The van der Waals surface area contributed by atoms with Gasteiger partial charge >= 0.3 is 0 Å². The van der Waals surface area contributed by atoms with Crippen molar-refractivity contribution in [3.8, 4) is 11.5 Å². The molecular formula is C29H41N3O6. The fourth-order valence-electron chi connectivity index (χ4n) is 5.95. The Morgan fingerprint density at radius 1 is 1.08 bits per heavy atom. The van der Waals surface area contributed by atoms with Crippen molar-refractivity contribution in [1.82, 2.24) is 15.1 Å². The minimum atomic E-state index is -0.353. The predicted molar refractivity (Wildman–Crippen MR) is 145 cm³/mol. The lowest BCUT2D eigenvalue weighted by Gasteiger charge is -2.51. The highest BCUT2D eigenvalue weighted by Crippen LogP contribution is 2.46. The van der Waals surface area contributed by atoms with Gasteiger partial charge < -0.3 is 19.9 Å². The van der Waals surface area contributed by atoms with Crippen LogP contribution in [0.3, 0.4) is 0 Å². The van der Waals surface area contributed by atoms with Gasteiger partial charge in [0, 0.05) is 47.8 Å². The van der Waals surface area contributed by atoms with E-state index in [1.807, 2.05) is 27.0 Å². The summed E-state index contributed by atoms with van der Waals surface area (Å²) in [6.45, 7) is 11.6. The number of nitrogens with zero attached hydrogens (tertiary/aromatic N) is 2. The summed E-state index contributed by atoms with van der Waals surface area (Å²) in [7, 11) is 4.95. The van der Waals surface area contributed by atoms with Crippen molar-refractivity contribution in [3.63, 3.8) is 0 Å². The van der Waals surface area contributed by atoms with Gasteiger partial charge in [-0.15, -0.1) is 0 Å². The molecule has 0 bridgehead atoms. The Hall–Kier alpha value is -3.17. The first-order valence-corrected chi connectivity index (χ1v) is 13.0. The molecule has 9 nitrogen and oxygen atoms in total. The predicted octanol–water partition coefficient (Wildman–Crippen LogP) is 3.33. The van der Waals surface area contributed by atoms with Crippen LogP contribution in [0.4, 0.5) is 0 Å². The quantitative estimate of drug-likeness (QED) is 0.496. The number of hydrogen-bond donors (Lipinski definition) is 2. The van der Waals surface area contributed by atoms with Gasteiger partial charge in [0.1, 0.15) is 0 Å². The van der Waals surface area contributed by atoms with E-state index < -0.39 is 0 Å². The maximum Gasteiger partial charge on any atom is 0.224 e. The molecule has 1 aliphatic heterocycles. The Morgan fingerprint density at radius 3 is 2.29 bits per heavy atom. The van der Waals surface area contributed by atoms with E-state index in [4.69, 9.17) is 9.47 Å². The maximum atomic E-state index is 13.5. The van der Waals surface area contributed by atoms with Crippen LogP contribution in [0, 0.1) is 13.8 Å². The number of aromatic hydroxyl groups is 1. The summed E-state index contributed by atoms with van der Waals surface area (Å²) in [6.07, 6.45) is 1.10. The van der Waals surface area contributed by atoms with Crippen molar-refractivity contribution in [2.45, 2.75) is 72.5 Å². The fraction of sp³-hybridized carbons (Fsp3) is 0.552. The molecule has 3 atom stereocenters. The monoisotopic (exact) mass is 527 g/mol. The van der Waals surface area contributed by atoms with Gasteiger partial charge in [0.2, 0.25) is 11.7 Å². The third-order valence-corrected chi connectivity index (χ3v) is 8.05. The molecule has 1 aliphatic carbocycles. The van der Waals surface area contributed by atoms with Crippen molar-refractivity contribution in [2.24, 2.45) is 0 Å². The van der Waals surface area contributed by atoms with Crippen molar-refractivity contribution >= 4 is 17.5 Å². The molecule has 0 radical (unpaired) electrons. The first-order valence-electron chi connectivity index (χ1n) is 13.0. The number of carbonyl (C=O) groups excluding carboxylic acids is 3. The van der Waals surface area contributed by atoms with E-state index in [9.17, 15) is 19.5 Å². The zero-order chi connectivity index (χ0) is 28.5. The molecule has 1 fully saturated rings. The average molecular weight is 528 g/mol. The lowest BCUT2D eigenvalue weighted by molar-refractivity contribution is -0.121. The number of benzene rings is 1. The summed E-state index contributed by atoms with van der Waals surface area (Å²) in [4.78, 5) is 42.9. The summed E-state index contributed by atoms with van der Waals surface area (Å²) in [6, 6.07) is 1.42. The van der Waals surface area contributed by atoms with E-state index in [0.717, 1.165) is 17.5 Å². The van der Waals surface area contributed by atoms with Crippen LogP contribution in [0.25, 0.3) is 0 Å². The second-order valence-electron chi connectivity index (χ2n) is 10.3. The van der Waals surface area contributed by atoms with E-state index >= 15 is 0 Å². The highest BCUT2D eigenvalue weighted by molar-refractivity contribution is 6.24. The second-order valence-corrected chi connectivity index (χ2v) is 10.3. The number of ether oxygens (including phenoxy) is 2. The number of hydrogen-bond acceptors (Lipinski definition) is 8. The lowest BCUT2D eigenvalue weighted by Crippen LogP contribution is -2.60. The number of likely N-dealkylation sites (N-methyl/N-ethyl adjacent to an activating group) is 1. The number of carbonyl (C=O) groups is 3. The molecule has 1 aromatic carbocycles. The van der Waals surface area contributed by atoms with Gasteiger partial charge in [-0.3, -0.25) is 24.2 Å². The van der Waals surface area contributed by atoms with E-state index in [0.29, 0.717) is 29.0 Å². The molecule has 1 saturated heterocycles. The number of methoxy groups -OCH3 is 2. The Bertz CT molecular complexity index is 1200. The van der Waals surface area contributed by atoms with E-state index in [1.165, 1.54) is 21.1 Å². The largest absolute Gasteiger partial charge is 0.504 e. The summed E-state index contributed by atoms with van der Waals surface area (Å²) in [5, 5.41) is 14.4. The molecule has 38 heavy (non-hydrogen) atoms. The highest BCUT2D eigenvalue weighted by Gasteiger charge is 2.44. The van der Waals surface area contributed by atoms with Crippen LogP contribution in [0.5, 0.6) is 11.5 Å². The first-order chi connectivity index (χ1) is 17.9. The van der Waals surface area contributed by atoms with Gasteiger partial charge in [-0.25, -0.2) is 0 Å². The number of phenols is 1. The molecule has 3 rings (SSSR count). The molecule has 0 aromatic heterocycles. The molecule has 0 saturated carbocycles. The summed E-state index contributed by atoms with van der Waals surface area (Å²) < 4.78 is 10.8. The minimum Gasteiger partial charge on any atom is -0.504 e. The number of phenolic OH excluding ortho intramolecular Hbond substituents is 1. The zero-order valence-electron chi connectivity index (χ0n) is 24.0. The van der Waals surface area contributed by atoms with Crippen LogP contribution in [0.1, 0.15) is 63.3 Å². The average Bonchev–Trinajstić information content (AvgIpc) is 2.86. The SMILES string of the molecule is CC[C@H]1CN(CNC(C)=O)C(CC2=C(C)C(=O)C(OC)=C(C)C2=O)[C@@H](c2c(C)cc(C)c(OC)c2O)N1C. The zero-order valence-corrected chi connectivity index (χ0v) is 24.0. The van der Waals surface area contributed by atoms with Crippen LogP contribution >= 0.6 is 0 Å². The van der Waals surface area contributed by atoms with Gasteiger partial charge in [0.05, 0.1) is 26.9 Å². The molecule has 2 N–H and O–H groups in total. The van der Waals surface area contributed by atoms with Crippen LogP contribution in [0.15, 0.2) is 28.5 Å². The van der Waals surface area contributed by atoms with Crippen molar-refractivity contribution in [1.29, 1.82) is 0 Å². The second kappa shape index (κ2) is 11.7. The Balaban J connectivity index is 2.22. The molecule has 9 heteroatoms. The first kappa shape index (κ1) is 29.4. The van der Waals surface area contributed by atoms with Gasteiger partial charge in [0.25, 0.3) is 0 Å².